The molecule has 0 saturated carbocycles. The van der Waals surface area contributed by atoms with Gasteiger partial charge in [-0.2, -0.15) is 0 Å². The molecule has 0 saturated heterocycles. The minimum Gasteiger partial charge on any atom is -0.295 e. The van der Waals surface area contributed by atoms with E-state index in [1.807, 2.05) is 18.2 Å². The highest BCUT2D eigenvalue weighted by Crippen LogP contribution is 2.12. The first kappa shape index (κ1) is 14.5. The van der Waals surface area contributed by atoms with Crippen LogP contribution in [-0.4, -0.2) is 22.5 Å². The molecule has 0 spiro atoms. The van der Waals surface area contributed by atoms with Gasteiger partial charge in [0.2, 0.25) is 0 Å². The zero-order chi connectivity index (χ0) is 12.7. The Bertz CT molecular complexity index is 328. The van der Waals surface area contributed by atoms with Crippen molar-refractivity contribution in [1.29, 1.82) is 0 Å². The van der Waals surface area contributed by atoms with Crippen molar-refractivity contribution in [3.63, 3.8) is 0 Å². The van der Waals surface area contributed by atoms with Gasteiger partial charge in [-0.15, -0.1) is 0 Å². The third-order valence-electron chi connectivity index (χ3n) is 3.15. The van der Waals surface area contributed by atoms with Gasteiger partial charge in [0.25, 0.3) is 0 Å². The molecule has 0 aliphatic rings. The van der Waals surface area contributed by atoms with Gasteiger partial charge >= 0.3 is 0 Å². The summed E-state index contributed by atoms with van der Waals surface area (Å²) in [7, 11) is 0. The number of aromatic nitrogens is 1. The second kappa shape index (κ2) is 7.67. The Morgan fingerprint density at radius 1 is 1.35 bits per heavy atom. The maximum atomic E-state index is 5.92. The van der Waals surface area contributed by atoms with E-state index < -0.39 is 0 Å². The molecule has 0 aliphatic heterocycles. The third kappa shape index (κ3) is 5.05. The first-order valence-corrected chi connectivity index (χ1v) is 6.90. The van der Waals surface area contributed by atoms with Crippen LogP contribution in [0.4, 0.5) is 0 Å². The number of unbranched alkanes of at least 4 members (excludes halogenated alkanes) is 1. The van der Waals surface area contributed by atoms with Crippen LogP contribution >= 0.6 is 11.6 Å². The fourth-order valence-electron chi connectivity index (χ4n) is 1.82. The average Bonchev–Trinajstić information content (AvgIpc) is 2.33. The highest BCUT2D eigenvalue weighted by atomic mass is 35.5. The average molecular weight is 255 g/mol. The van der Waals surface area contributed by atoms with Crippen molar-refractivity contribution in [3.05, 3.63) is 29.0 Å². The zero-order valence-electron chi connectivity index (χ0n) is 11.1. The second-order valence-electron chi connectivity index (χ2n) is 4.53. The fourth-order valence-corrected chi connectivity index (χ4v) is 2.00. The first-order valence-electron chi connectivity index (χ1n) is 6.52. The lowest BCUT2D eigenvalue weighted by Crippen LogP contribution is -2.33. The topological polar surface area (TPSA) is 16.1 Å². The van der Waals surface area contributed by atoms with Crippen LogP contribution in [0.5, 0.6) is 0 Å². The van der Waals surface area contributed by atoms with E-state index in [-0.39, 0.29) is 0 Å². The van der Waals surface area contributed by atoms with Gasteiger partial charge in [0.15, 0.2) is 0 Å². The molecular formula is C14H23ClN2. The molecule has 0 aliphatic carbocycles. The molecule has 96 valence electrons. The van der Waals surface area contributed by atoms with E-state index >= 15 is 0 Å². The Morgan fingerprint density at radius 3 is 2.71 bits per heavy atom. The van der Waals surface area contributed by atoms with Crippen LogP contribution in [0.3, 0.4) is 0 Å². The van der Waals surface area contributed by atoms with E-state index in [9.17, 15) is 0 Å². The van der Waals surface area contributed by atoms with E-state index in [1.165, 1.54) is 19.3 Å². The van der Waals surface area contributed by atoms with Crippen molar-refractivity contribution in [3.8, 4) is 0 Å². The molecular weight excluding hydrogens is 232 g/mol. The van der Waals surface area contributed by atoms with Gasteiger partial charge in [-0.3, -0.25) is 4.90 Å². The lowest BCUT2D eigenvalue weighted by Gasteiger charge is -2.28. The van der Waals surface area contributed by atoms with Gasteiger partial charge in [0.05, 0.1) is 5.69 Å². The highest BCUT2D eigenvalue weighted by Gasteiger charge is 2.12. The van der Waals surface area contributed by atoms with E-state index in [4.69, 9.17) is 11.6 Å². The number of nitrogens with zero attached hydrogens (tertiary/aromatic N) is 2. The van der Waals surface area contributed by atoms with Crippen LogP contribution < -0.4 is 0 Å². The second-order valence-corrected chi connectivity index (χ2v) is 4.92. The molecule has 0 bridgehead atoms. The molecule has 0 fully saturated rings. The summed E-state index contributed by atoms with van der Waals surface area (Å²) in [5.74, 6) is 0. The first-order chi connectivity index (χ1) is 8.17. The molecule has 0 amide bonds. The Hall–Kier alpha value is -0.600. The number of pyridine rings is 1. The number of hydrogen-bond donors (Lipinski definition) is 0. The summed E-state index contributed by atoms with van der Waals surface area (Å²) >= 11 is 5.92. The van der Waals surface area contributed by atoms with Crippen LogP contribution in [-0.2, 0) is 6.54 Å². The molecule has 0 radical (unpaired) electrons. The number of halogens is 1. The Kier molecular flexibility index (Phi) is 6.53. The molecule has 3 heteroatoms. The van der Waals surface area contributed by atoms with Crippen molar-refractivity contribution < 1.29 is 0 Å². The van der Waals surface area contributed by atoms with Crippen molar-refractivity contribution in [2.75, 3.05) is 6.54 Å². The highest BCUT2D eigenvalue weighted by molar-refractivity contribution is 6.29. The summed E-state index contributed by atoms with van der Waals surface area (Å²) < 4.78 is 0. The van der Waals surface area contributed by atoms with E-state index in [0.717, 1.165) is 18.8 Å². The monoisotopic (exact) mass is 254 g/mol. The van der Waals surface area contributed by atoms with E-state index in [2.05, 4.69) is 30.7 Å². The van der Waals surface area contributed by atoms with Gasteiger partial charge < -0.3 is 0 Å². The molecule has 17 heavy (non-hydrogen) atoms. The van der Waals surface area contributed by atoms with Crippen molar-refractivity contribution >= 4 is 11.6 Å². The van der Waals surface area contributed by atoms with Gasteiger partial charge in [-0.05, 0) is 38.4 Å². The van der Waals surface area contributed by atoms with E-state index in [1.54, 1.807) is 0 Å². The number of hydrogen-bond acceptors (Lipinski definition) is 2. The Morgan fingerprint density at radius 2 is 2.12 bits per heavy atom. The molecule has 1 atom stereocenters. The van der Waals surface area contributed by atoms with Crippen LogP contribution in [0, 0.1) is 0 Å². The fraction of sp³-hybridized carbons (Fsp3) is 0.643. The quantitative estimate of drug-likeness (QED) is 0.680. The van der Waals surface area contributed by atoms with Crippen LogP contribution in [0.2, 0.25) is 5.15 Å². The molecule has 1 heterocycles. The molecule has 1 aromatic rings. The standard InChI is InChI=1S/C14H23ClN2/c1-4-6-10-17(12(3)5-2)11-13-8-7-9-14(15)16-13/h7-9,12H,4-6,10-11H2,1-3H3. The Labute approximate surface area is 110 Å². The molecule has 1 unspecified atom stereocenters. The zero-order valence-corrected chi connectivity index (χ0v) is 11.9. The molecule has 1 aromatic heterocycles. The van der Waals surface area contributed by atoms with Crippen molar-refractivity contribution in [2.24, 2.45) is 0 Å². The molecule has 0 aromatic carbocycles. The maximum Gasteiger partial charge on any atom is 0.129 e. The van der Waals surface area contributed by atoms with Crippen LogP contribution in [0.25, 0.3) is 0 Å². The van der Waals surface area contributed by atoms with Gasteiger partial charge in [-0.25, -0.2) is 4.98 Å². The van der Waals surface area contributed by atoms with Gasteiger partial charge in [-0.1, -0.05) is 37.9 Å². The largest absolute Gasteiger partial charge is 0.295 e. The summed E-state index contributed by atoms with van der Waals surface area (Å²) in [6.07, 6.45) is 3.64. The minimum absolute atomic E-state index is 0.585. The van der Waals surface area contributed by atoms with Gasteiger partial charge in [0, 0.05) is 12.6 Å². The third-order valence-corrected chi connectivity index (χ3v) is 3.36. The number of rotatable bonds is 7. The minimum atomic E-state index is 0.585. The Balaban J connectivity index is 2.64. The van der Waals surface area contributed by atoms with Crippen LogP contribution in [0.1, 0.15) is 45.7 Å². The van der Waals surface area contributed by atoms with Crippen molar-refractivity contribution in [2.45, 2.75) is 52.6 Å². The summed E-state index contributed by atoms with van der Waals surface area (Å²) in [6.45, 7) is 8.77. The predicted octanol–water partition coefficient (Wildman–Crippen LogP) is 4.14. The summed E-state index contributed by atoms with van der Waals surface area (Å²) in [6, 6.07) is 6.44. The predicted molar refractivity (Wildman–Crippen MR) is 74.3 cm³/mol. The smallest absolute Gasteiger partial charge is 0.129 e. The normalized spacial score (nSPS) is 13.0. The lowest BCUT2D eigenvalue weighted by atomic mass is 10.2. The maximum absolute atomic E-state index is 5.92. The molecule has 1 rings (SSSR count). The molecule has 2 nitrogen and oxygen atoms in total. The van der Waals surface area contributed by atoms with Crippen LogP contribution in [0.15, 0.2) is 18.2 Å². The lowest BCUT2D eigenvalue weighted by molar-refractivity contribution is 0.190. The summed E-state index contributed by atoms with van der Waals surface area (Å²) in [5, 5.41) is 0.585. The summed E-state index contributed by atoms with van der Waals surface area (Å²) in [4.78, 5) is 6.85. The van der Waals surface area contributed by atoms with Crippen molar-refractivity contribution in [1.82, 2.24) is 9.88 Å². The summed E-state index contributed by atoms with van der Waals surface area (Å²) in [5.41, 5.74) is 1.06. The molecule has 0 N–H and O–H groups in total. The SMILES string of the molecule is CCCCN(Cc1cccc(Cl)n1)C(C)CC. The van der Waals surface area contributed by atoms with E-state index in [0.29, 0.717) is 11.2 Å². The van der Waals surface area contributed by atoms with Gasteiger partial charge in [0.1, 0.15) is 5.15 Å².